The van der Waals surface area contributed by atoms with Crippen LogP contribution in [0.4, 0.5) is 0 Å². The van der Waals surface area contributed by atoms with Crippen LogP contribution in [-0.4, -0.2) is 9.26 Å². The van der Waals surface area contributed by atoms with Crippen molar-refractivity contribution in [3.8, 4) is 0 Å². The molecule has 0 aromatic heterocycles. The van der Waals surface area contributed by atoms with Crippen LogP contribution < -0.4 is 0 Å². The summed E-state index contributed by atoms with van der Waals surface area (Å²) in [7, 11) is 3.88. The Hall–Kier alpha value is -0.670. The molecule has 2 aromatic carbocycles. The molecule has 0 aliphatic rings. The molecule has 0 saturated heterocycles. The minimum atomic E-state index is -1.57. The Balaban J connectivity index is 2.36. The molecule has 2 atom stereocenters. The zero-order valence-electron chi connectivity index (χ0n) is 9.77. The Morgan fingerprint density at radius 3 is 2.56 bits per heavy atom. The van der Waals surface area contributed by atoms with Gasteiger partial charge in [-0.2, -0.15) is 0 Å². The highest BCUT2D eigenvalue weighted by molar-refractivity contribution is 8.15. The minimum absolute atomic E-state index is 0.668. The summed E-state index contributed by atoms with van der Waals surface area (Å²) in [6.45, 7) is 1.93. The molecule has 0 N–H and O–H groups in total. The Morgan fingerprint density at radius 2 is 1.89 bits per heavy atom. The van der Waals surface area contributed by atoms with Crippen molar-refractivity contribution in [1.82, 2.24) is 0 Å². The quantitative estimate of drug-likeness (QED) is 0.594. The van der Waals surface area contributed by atoms with Gasteiger partial charge in [-0.1, -0.05) is 48.0 Å². The van der Waals surface area contributed by atoms with Gasteiger partial charge in [-0.25, -0.2) is 0 Å². The van der Waals surface area contributed by atoms with E-state index in [1.165, 1.54) is 10.8 Å². The maximum absolute atomic E-state index is 11.0. The Morgan fingerprint density at radius 1 is 1.22 bits per heavy atom. The smallest absolute Gasteiger partial charge is 0.226 e. The van der Waals surface area contributed by atoms with Crippen LogP contribution in [0.15, 0.2) is 48.5 Å². The van der Waals surface area contributed by atoms with E-state index in [4.69, 9.17) is 22.3 Å². The first kappa shape index (κ1) is 13.8. The van der Waals surface area contributed by atoms with Crippen molar-refractivity contribution < 1.29 is 4.55 Å². The average molecular weight is 299 g/mol. The first-order valence-electron chi connectivity index (χ1n) is 5.46. The van der Waals surface area contributed by atoms with Gasteiger partial charge >= 0.3 is 0 Å². The van der Waals surface area contributed by atoms with E-state index in [2.05, 4.69) is 24.3 Å². The number of halogens is 2. The van der Waals surface area contributed by atoms with Crippen LogP contribution in [0.2, 0.25) is 0 Å². The van der Waals surface area contributed by atoms with Crippen LogP contribution in [0, 0.1) is 0 Å². The number of hydrogen-bond donors (Lipinski definition) is 0. The number of rotatable bonds is 3. The number of alkyl halides is 1. The lowest BCUT2D eigenvalue weighted by Gasteiger charge is -2.07. The lowest BCUT2D eigenvalue weighted by Crippen LogP contribution is -2.05. The zero-order chi connectivity index (χ0) is 13.1. The average Bonchev–Trinajstić information content (AvgIpc) is 2.37. The van der Waals surface area contributed by atoms with Crippen LogP contribution in [0.25, 0.3) is 16.3 Å². The third kappa shape index (κ3) is 3.21. The molecule has 1 nitrogen and oxygen atoms in total. The largest absolute Gasteiger partial charge is 0.598 e. The summed E-state index contributed by atoms with van der Waals surface area (Å²) in [5, 5.41) is 2.36. The highest BCUT2D eigenvalue weighted by Crippen LogP contribution is 2.23. The molecule has 2 aromatic rings. The van der Waals surface area contributed by atoms with Crippen molar-refractivity contribution in [3.05, 3.63) is 54.1 Å². The van der Waals surface area contributed by atoms with Crippen LogP contribution in [-0.2, 0) is 10.4 Å². The Kier molecular flexibility index (Phi) is 4.57. The molecular weight excluding hydrogens is 287 g/mol. The third-order valence-electron chi connectivity index (χ3n) is 2.76. The highest BCUT2D eigenvalue weighted by Gasteiger charge is 2.15. The molecule has 0 amide bonds. The van der Waals surface area contributed by atoms with Crippen molar-refractivity contribution in [2.24, 2.45) is 0 Å². The fraction of sp³-hybridized carbons (Fsp3) is 0.143. The van der Waals surface area contributed by atoms with Gasteiger partial charge in [-0.05, 0) is 41.0 Å². The second-order valence-corrected chi connectivity index (χ2v) is 6.66. The van der Waals surface area contributed by atoms with E-state index in [9.17, 15) is 4.55 Å². The summed E-state index contributed by atoms with van der Waals surface area (Å²) in [6, 6.07) is 14.3. The predicted molar refractivity (Wildman–Crippen MR) is 81.2 cm³/mol. The van der Waals surface area contributed by atoms with Crippen LogP contribution in [0.1, 0.15) is 12.5 Å². The molecule has 18 heavy (non-hydrogen) atoms. The van der Waals surface area contributed by atoms with Crippen molar-refractivity contribution in [1.29, 1.82) is 0 Å². The van der Waals surface area contributed by atoms with Crippen molar-refractivity contribution in [2.75, 3.05) is 0 Å². The Bertz CT molecular complexity index is 581. The van der Waals surface area contributed by atoms with Crippen LogP contribution in [0.3, 0.4) is 0 Å². The summed E-state index contributed by atoms with van der Waals surface area (Å²) >= 11 is 5.87. The summed E-state index contributed by atoms with van der Waals surface area (Å²) < 4.78 is 10.4. The molecule has 0 bridgehead atoms. The molecule has 0 spiro atoms. The number of hydrogen-bond acceptors (Lipinski definition) is 1. The normalized spacial score (nSPS) is 15.7. The lowest BCUT2D eigenvalue weighted by atomic mass is 10.0. The lowest BCUT2D eigenvalue weighted by molar-refractivity contribution is 0.609. The predicted octanol–water partition coefficient (Wildman–Crippen LogP) is 4.71. The first-order chi connectivity index (χ1) is 8.58. The van der Waals surface area contributed by atoms with Crippen molar-refractivity contribution in [3.63, 3.8) is 0 Å². The van der Waals surface area contributed by atoms with E-state index in [-0.39, 0.29) is 0 Å². The van der Waals surface area contributed by atoms with Gasteiger partial charge in [-0.3, -0.25) is 0 Å². The molecule has 0 radical (unpaired) electrons. The standard InChI is InChI=1S/C14H12Cl2OS/c1-10(8-14(15)18(16)17)12-7-6-11-4-2-3-5-13(11)9-12/h2-9,14H,1H3/b10-8-. The fourth-order valence-corrected chi connectivity index (χ4v) is 2.44. The molecule has 0 saturated carbocycles. The first-order valence-corrected chi connectivity index (χ1v) is 7.94. The Labute approximate surface area is 119 Å². The maximum Gasteiger partial charge on any atom is 0.226 e. The molecule has 0 aliphatic carbocycles. The molecule has 0 fully saturated rings. The SMILES string of the molecule is C/C(=C/C(Cl)[S+]([O-])Cl)c1ccc2ccccc2c1. The van der Waals surface area contributed by atoms with Crippen LogP contribution in [0.5, 0.6) is 0 Å². The van der Waals surface area contributed by atoms with Gasteiger partial charge in [0.2, 0.25) is 4.71 Å². The van der Waals surface area contributed by atoms with Gasteiger partial charge < -0.3 is 4.55 Å². The fourth-order valence-electron chi connectivity index (χ4n) is 1.78. The minimum Gasteiger partial charge on any atom is -0.598 e. The molecule has 94 valence electrons. The van der Waals surface area contributed by atoms with E-state index in [1.54, 1.807) is 6.08 Å². The van der Waals surface area contributed by atoms with Gasteiger partial charge in [0.1, 0.15) is 0 Å². The van der Waals surface area contributed by atoms with E-state index >= 15 is 0 Å². The monoisotopic (exact) mass is 298 g/mol. The van der Waals surface area contributed by atoms with Gasteiger partial charge in [0.15, 0.2) is 10.7 Å². The van der Waals surface area contributed by atoms with E-state index < -0.39 is 15.1 Å². The van der Waals surface area contributed by atoms with Gasteiger partial charge in [0.05, 0.1) is 10.4 Å². The van der Waals surface area contributed by atoms with Gasteiger partial charge in [0.25, 0.3) is 0 Å². The number of allylic oxidation sites excluding steroid dienone is 1. The van der Waals surface area contributed by atoms with E-state index in [0.29, 0.717) is 0 Å². The van der Waals surface area contributed by atoms with Crippen molar-refractivity contribution in [2.45, 2.75) is 11.6 Å². The van der Waals surface area contributed by atoms with E-state index in [0.717, 1.165) is 11.1 Å². The topological polar surface area (TPSA) is 23.1 Å². The third-order valence-corrected chi connectivity index (χ3v) is 4.71. The zero-order valence-corrected chi connectivity index (χ0v) is 12.1. The molecule has 0 aliphatic heterocycles. The molecule has 4 heteroatoms. The van der Waals surface area contributed by atoms with Gasteiger partial charge in [-0.15, -0.1) is 0 Å². The number of fused-ring (bicyclic) bond motifs is 1. The second kappa shape index (κ2) is 5.98. The highest BCUT2D eigenvalue weighted by atomic mass is 35.7. The summed E-state index contributed by atoms with van der Waals surface area (Å²) in [6.07, 6.45) is 1.72. The molecule has 0 heterocycles. The summed E-state index contributed by atoms with van der Waals surface area (Å²) in [4.78, 5) is 0. The van der Waals surface area contributed by atoms with Gasteiger partial charge in [0, 0.05) is 0 Å². The molecular formula is C14H12Cl2OS. The summed E-state index contributed by atoms with van der Waals surface area (Å²) in [5.41, 5.74) is 2.02. The van der Waals surface area contributed by atoms with Crippen molar-refractivity contribution >= 4 is 49.0 Å². The molecule has 2 rings (SSSR count). The van der Waals surface area contributed by atoms with Crippen LogP contribution >= 0.6 is 22.3 Å². The number of benzene rings is 2. The maximum atomic E-state index is 11.0. The molecule has 2 unspecified atom stereocenters. The second-order valence-electron chi connectivity index (χ2n) is 4.01. The van der Waals surface area contributed by atoms with E-state index in [1.807, 2.05) is 25.1 Å². The summed E-state index contributed by atoms with van der Waals surface area (Å²) in [5.74, 6) is 0.